The summed E-state index contributed by atoms with van der Waals surface area (Å²) >= 11 is 1.75. The molecule has 6 heteroatoms. The molecule has 1 amide bonds. The van der Waals surface area contributed by atoms with Crippen molar-refractivity contribution in [1.82, 2.24) is 14.9 Å². The molecule has 1 aliphatic heterocycles. The van der Waals surface area contributed by atoms with Gasteiger partial charge in [-0.05, 0) is 67.1 Å². The molecule has 1 aliphatic rings. The molecule has 0 unspecified atom stereocenters. The summed E-state index contributed by atoms with van der Waals surface area (Å²) in [6, 6.07) is 3.94. The number of piperidine rings is 1. The van der Waals surface area contributed by atoms with E-state index in [1.165, 1.54) is 18.4 Å². The van der Waals surface area contributed by atoms with Crippen molar-refractivity contribution in [2.45, 2.75) is 32.7 Å². The molecule has 3 heterocycles. The first kappa shape index (κ1) is 16.1. The molecule has 1 fully saturated rings. The molecule has 2 N–H and O–H groups in total. The molecular weight excluding hydrogens is 308 g/mol. The SMILES string of the molecule is Cc1nc(C[C@@H]2CCCN(Cc3ccsc3)C2)cc(C(N)=O)n1. The van der Waals surface area contributed by atoms with Gasteiger partial charge >= 0.3 is 0 Å². The monoisotopic (exact) mass is 330 g/mol. The highest BCUT2D eigenvalue weighted by atomic mass is 32.1. The highest BCUT2D eigenvalue weighted by Gasteiger charge is 2.21. The van der Waals surface area contributed by atoms with Crippen LogP contribution < -0.4 is 5.73 Å². The topological polar surface area (TPSA) is 72.1 Å². The zero-order chi connectivity index (χ0) is 16.2. The van der Waals surface area contributed by atoms with Crippen molar-refractivity contribution in [3.05, 3.63) is 45.7 Å². The lowest BCUT2D eigenvalue weighted by Crippen LogP contribution is -2.35. The molecule has 2 aromatic rings. The number of carbonyl (C=O) groups is 1. The standard InChI is InChI=1S/C17H22N4OS/c1-12-19-15(8-16(20-12)17(18)22)7-13-3-2-5-21(9-13)10-14-4-6-23-11-14/h4,6,8,11,13H,2-3,5,7,9-10H2,1H3,(H2,18,22)/t13-/m0/s1. The minimum atomic E-state index is -0.487. The van der Waals surface area contributed by atoms with Crippen molar-refractivity contribution in [3.63, 3.8) is 0 Å². The first-order valence-corrected chi connectivity index (χ1v) is 8.92. The number of nitrogens with two attached hydrogens (primary N) is 1. The van der Waals surface area contributed by atoms with Gasteiger partial charge in [0.2, 0.25) is 0 Å². The number of carbonyl (C=O) groups excluding carboxylic acids is 1. The van der Waals surface area contributed by atoms with Crippen LogP contribution in [0.4, 0.5) is 0 Å². The Bertz CT molecular complexity index is 671. The van der Waals surface area contributed by atoms with E-state index in [0.717, 1.165) is 31.7 Å². The largest absolute Gasteiger partial charge is 0.364 e. The fourth-order valence-corrected chi connectivity index (χ4v) is 3.92. The molecule has 0 spiro atoms. The molecule has 3 rings (SSSR count). The summed E-state index contributed by atoms with van der Waals surface area (Å²) in [5, 5.41) is 4.35. The minimum absolute atomic E-state index is 0.318. The van der Waals surface area contributed by atoms with Crippen LogP contribution in [0.2, 0.25) is 0 Å². The molecule has 23 heavy (non-hydrogen) atoms. The van der Waals surface area contributed by atoms with E-state index in [1.54, 1.807) is 24.3 Å². The van der Waals surface area contributed by atoms with Gasteiger partial charge in [-0.2, -0.15) is 11.3 Å². The Morgan fingerprint density at radius 3 is 3.09 bits per heavy atom. The lowest BCUT2D eigenvalue weighted by molar-refractivity contribution is 0.0995. The number of thiophene rings is 1. The maximum absolute atomic E-state index is 11.4. The molecule has 1 saturated heterocycles. The van der Waals surface area contributed by atoms with Crippen molar-refractivity contribution in [3.8, 4) is 0 Å². The van der Waals surface area contributed by atoms with Gasteiger partial charge in [0.25, 0.3) is 5.91 Å². The number of rotatable bonds is 5. The molecule has 0 bridgehead atoms. The summed E-state index contributed by atoms with van der Waals surface area (Å²) in [5.41, 5.74) is 7.98. The van der Waals surface area contributed by atoms with Crippen molar-refractivity contribution >= 4 is 17.2 Å². The van der Waals surface area contributed by atoms with Crippen molar-refractivity contribution in [2.75, 3.05) is 13.1 Å². The van der Waals surface area contributed by atoms with Crippen LogP contribution in [0.15, 0.2) is 22.9 Å². The van der Waals surface area contributed by atoms with Gasteiger partial charge in [-0.3, -0.25) is 9.69 Å². The maximum Gasteiger partial charge on any atom is 0.267 e. The van der Waals surface area contributed by atoms with Gasteiger partial charge in [-0.25, -0.2) is 9.97 Å². The van der Waals surface area contributed by atoms with Crippen LogP contribution in [0.25, 0.3) is 0 Å². The van der Waals surface area contributed by atoms with E-state index >= 15 is 0 Å². The van der Waals surface area contributed by atoms with Crippen molar-refractivity contribution in [1.29, 1.82) is 0 Å². The summed E-state index contributed by atoms with van der Waals surface area (Å²) in [5.74, 6) is 0.694. The van der Waals surface area contributed by atoms with E-state index in [4.69, 9.17) is 5.73 Å². The van der Waals surface area contributed by atoms with Gasteiger partial charge < -0.3 is 5.73 Å². The lowest BCUT2D eigenvalue weighted by atomic mass is 9.93. The zero-order valence-electron chi connectivity index (χ0n) is 13.4. The van der Waals surface area contributed by atoms with Crippen LogP contribution in [-0.4, -0.2) is 33.9 Å². The fourth-order valence-electron chi connectivity index (χ4n) is 3.26. The van der Waals surface area contributed by atoms with E-state index in [0.29, 0.717) is 17.4 Å². The van der Waals surface area contributed by atoms with Gasteiger partial charge in [-0.15, -0.1) is 0 Å². The number of amides is 1. The van der Waals surface area contributed by atoms with E-state index in [2.05, 4.69) is 31.7 Å². The fraction of sp³-hybridized carbons (Fsp3) is 0.471. The Morgan fingerprint density at radius 1 is 1.48 bits per heavy atom. The number of aryl methyl sites for hydroxylation is 1. The summed E-state index contributed by atoms with van der Waals surface area (Å²) < 4.78 is 0. The number of nitrogens with zero attached hydrogens (tertiary/aromatic N) is 3. The van der Waals surface area contributed by atoms with Crippen molar-refractivity contribution < 1.29 is 4.79 Å². The molecule has 2 aromatic heterocycles. The molecule has 122 valence electrons. The van der Waals surface area contributed by atoms with Crippen LogP contribution in [0.1, 0.15) is 40.4 Å². The van der Waals surface area contributed by atoms with Gasteiger partial charge in [0, 0.05) is 18.8 Å². The van der Waals surface area contributed by atoms with Gasteiger partial charge in [0.15, 0.2) is 0 Å². The number of hydrogen-bond donors (Lipinski definition) is 1. The maximum atomic E-state index is 11.4. The third-order valence-electron chi connectivity index (χ3n) is 4.23. The quantitative estimate of drug-likeness (QED) is 0.914. The molecule has 5 nitrogen and oxygen atoms in total. The average molecular weight is 330 g/mol. The van der Waals surface area contributed by atoms with Gasteiger partial charge in [-0.1, -0.05) is 0 Å². The van der Waals surface area contributed by atoms with E-state index in [-0.39, 0.29) is 0 Å². The minimum Gasteiger partial charge on any atom is -0.364 e. The Labute approximate surface area is 140 Å². The van der Waals surface area contributed by atoms with Crippen molar-refractivity contribution in [2.24, 2.45) is 11.7 Å². The molecule has 0 aromatic carbocycles. The lowest BCUT2D eigenvalue weighted by Gasteiger charge is -2.32. The van der Waals surface area contributed by atoms with E-state index in [1.807, 2.05) is 0 Å². The van der Waals surface area contributed by atoms with Gasteiger partial charge in [0.05, 0.1) is 0 Å². The van der Waals surface area contributed by atoms with Crippen LogP contribution in [0.5, 0.6) is 0 Å². The molecule has 0 saturated carbocycles. The Hall–Kier alpha value is -1.79. The highest BCUT2D eigenvalue weighted by Crippen LogP contribution is 2.22. The van der Waals surface area contributed by atoms with Crippen LogP contribution in [0.3, 0.4) is 0 Å². The number of aromatic nitrogens is 2. The Balaban J connectivity index is 1.64. The third kappa shape index (κ3) is 4.36. The van der Waals surface area contributed by atoms with Crippen LogP contribution in [0, 0.1) is 12.8 Å². The molecule has 0 aliphatic carbocycles. The summed E-state index contributed by atoms with van der Waals surface area (Å²) in [6.07, 6.45) is 3.29. The molecule has 1 atom stereocenters. The second-order valence-electron chi connectivity index (χ2n) is 6.24. The average Bonchev–Trinajstić information content (AvgIpc) is 3.00. The second-order valence-corrected chi connectivity index (χ2v) is 7.02. The predicted molar refractivity (Wildman–Crippen MR) is 91.3 cm³/mol. The third-order valence-corrected chi connectivity index (χ3v) is 4.96. The molecular formula is C17H22N4OS. The van der Waals surface area contributed by atoms with Crippen LogP contribution in [-0.2, 0) is 13.0 Å². The number of likely N-dealkylation sites (tertiary alicyclic amines) is 1. The summed E-state index contributed by atoms with van der Waals surface area (Å²) in [6.45, 7) is 5.06. The first-order chi connectivity index (χ1) is 11.1. The van der Waals surface area contributed by atoms with Gasteiger partial charge in [0.1, 0.15) is 11.5 Å². The Kier molecular flexibility index (Phi) is 5.03. The number of primary amides is 1. The molecule has 0 radical (unpaired) electrons. The summed E-state index contributed by atoms with van der Waals surface area (Å²) in [4.78, 5) is 22.4. The summed E-state index contributed by atoms with van der Waals surface area (Å²) in [7, 11) is 0. The highest BCUT2D eigenvalue weighted by molar-refractivity contribution is 7.07. The first-order valence-electron chi connectivity index (χ1n) is 7.98. The van der Waals surface area contributed by atoms with Crippen LogP contribution >= 0.6 is 11.3 Å². The Morgan fingerprint density at radius 2 is 2.35 bits per heavy atom. The smallest absolute Gasteiger partial charge is 0.267 e. The normalized spacial score (nSPS) is 18.9. The predicted octanol–water partition coefficient (Wildman–Crippen LogP) is 2.40. The second kappa shape index (κ2) is 7.19. The zero-order valence-corrected chi connectivity index (χ0v) is 14.2. The van der Waals surface area contributed by atoms with E-state index in [9.17, 15) is 4.79 Å². The van der Waals surface area contributed by atoms with E-state index < -0.39 is 5.91 Å². The number of hydrogen-bond acceptors (Lipinski definition) is 5.